The van der Waals surface area contributed by atoms with Gasteiger partial charge in [0.2, 0.25) is 0 Å². The number of carbonyl (C=O) groups is 1. The van der Waals surface area contributed by atoms with Crippen LogP contribution >= 0.6 is 23.2 Å². The largest absolute Gasteiger partial charge is 0.465 e. The second kappa shape index (κ2) is 9.06. The second-order valence-corrected chi connectivity index (χ2v) is 8.28. The number of rotatable bonds is 6. The summed E-state index contributed by atoms with van der Waals surface area (Å²) in [4.78, 5) is 22.7. The van der Waals surface area contributed by atoms with Crippen molar-refractivity contribution in [3.8, 4) is 0 Å². The molecule has 3 aromatic carbocycles. The van der Waals surface area contributed by atoms with Crippen LogP contribution in [0.5, 0.6) is 0 Å². The Hall–Kier alpha value is -3.29. The number of hydrogen-bond acceptors (Lipinski definition) is 6. The number of carbonyl (C=O) groups excluding carboxylic acids is 1. The molecule has 0 radical (unpaired) electrons. The minimum Gasteiger partial charge on any atom is -0.465 e. The van der Waals surface area contributed by atoms with Gasteiger partial charge in [-0.15, -0.1) is 0 Å². The molecule has 0 heterocycles. The number of nitrogens with one attached hydrogen (secondary N) is 2. The van der Waals surface area contributed by atoms with E-state index in [1.807, 2.05) is 12.1 Å². The third-order valence-electron chi connectivity index (χ3n) is 5.33. The molecular weight excluding hydrogens is 453 g/mol. The lowest BCUT2D eigenvalue weighted by molar-refractivity contribution is -0.384. The van der Waals surface area contributed by atoms with E-state index < -0.39 is 10.9 Å². The zero-order chi connectivity index (χ0) is 22.8. The van der Waals surface area contributed by atoms with Crippen LogP contribution in [0.15, 0.2) is 54.6 Å². The molecule has 0 aromatic heterocycles. The number of halogens is 2. The number of nitrogens with zero attached hydrogens (tertiary/aromatic N) is 1. The van der Waals surface area contributed by atoms with E-state index in [0.29, 0.717) is 15.7 Å². The van der Waals surface area contributed by atoms with Gasteiger partial charge in [0.25, 0.3) is 5.69 Å². The third-order valence-corrected chi connectivity index (χ3v) is 6.07. The molecule has 0 aliphatic heterocycles. The summed E-state index contributed by atoms with van der Waals surface area (Å²) >= 11 is 12.1. The molecule has 1 unspecified atom stereocenters. The summed E-state index contributed by atoms with van der Waals surface area (Å²) in [5.74, 6) is -0.625. The first kappa shape index (κ1) is 21.9. The minimum atomic E-state index is -0.625. The van der Waals surface area contributed by atoms with Gasteiger partial charge >= 0.3 is 5.97 Å². The Morgan fingerprint density at radius 2 is 1.72 bits per heavy atom. The standard InChI is InChI=1S/C23H19Cl2N3O4/c1-32-23(29)19-12-18(28(30)31)5-7-22(19)27-17-8-13-2-3-15(9-14(13)10-17)26-16-4-6-20(24)21(25)11-16/h2-7,9,11-12,17,26-27H,8,10H2,1H3. The zero-order valence-electron chi connectivity index (χ0n) is 17.0. The first-order valence-corrected chi connectivity index (χ1v) is 10.6. The zero-order valence-corrected chi connectivity index (χ0v) is 18.5. The van der Waals surface area contributed by atoms with Crippen molar-refractivity contribution in [1.29, 1.82) is 0 Å². The molecule has 4 rings (SSSR count). The van der Waals surface area contributed by atoms with Gasteiger partial charge in [-0.05, 0) is 60.4 Å². The normalized spacial score (nSPS) is 14.5. The number of fused-ring (bicyclic) bond motifs is 1. The van der Waals surface area contributed by atoms with Crippen molar-refractivity contribution < 1.29 is 14.5 Å². The van der Waals surface area contributed by atoms with E-state index in [9.17, 15) is 14.9 Å². The molecule has 164 valence electrons. The lowest BCUT2D eigenvalue weighted by Crippen LogP contribution is -2.21. The van der Waals surface area contributed by atoms with Gasteiger partial charge in [0.15, 0.2) is 0 Å². The van der Waals surface area contributed by atoms with E-state index in [4.69, 9.17) is 27.9 Å². The Balaban J connectivity index is 1.50. The number of non-ortho nitro benzene ring substituents is 1. The highest BCUT2D eigenvalue weighted by atomic mass is 35.5. The van der Waals surface area contributed by atoms with Crippen LogP contribution in [0.1, 0.15) is 21.5 Å². The highest BCUT2D eigenvalue weighted by Crippen LogP contribution is 2.32. The third kappa shape index (κ3) is 4.64. The van der Waals surface area contributed by atoms with Gasteiger partial charge in [-0.3, -0.25) is 10.1 Å². The van der Waals surface area contributed by atoms with Crippen molar-refractivity contribution >= 4 is 51.9 Å². The first-order chi connectivity index (χ1) is 15.3. The van der Waals surface area contributed by atoms with Crippen molar-refractivity contribution in [2.75, 3.05) is 17.7 Å². The van der Waals surface area contributed by atoms with E-state index in [0.717, 1.165) is 24.2 Å². The number of methoxy groups -OCH3 is 1. The number of nitro benzene ring substituents is 1. The smallest absolute Gasteiger partial charge is 0.340 e. The number of hydrogen-bond donors (Lipinski definition) is 2. The molecule has 2 N–H and O–H groups in total. The highest BCUT2D eigenvalue weighted by Gasteiger charge is 2.24. The molecule has 0 saturated carbocycles. The van der Waals surface area contributed by atoms with Crippen molar-refractivity contribution in [3.63, 3.8) is 0 Å². The molecule has 0 fully saturated rings. The summed E-state index contributed by atoms with van der Waals surface area (Å²) in [6.45, 7) is 0. The molecule has 3 aromatic rings. The van der Waals surface area contributed by atoms with Crippen molar-refractivity contribution in [2.24, 2.45) is 0 Å². The molecular formula is C23H19Cl2N3O4. The summed E-state index contributed by atoms with van der Waals surface area (Å²) < 4.78 is 4.80. The fourth-order valence-corrected chi connectivity index (χ4v) is 4.11. The van der Waals surface area contributed by atoms with Gasteiger partial charge in [-0.2, -0.15) is 0 Å². The molecule has 32 heavy (non-hydrogen) atoms. The summed E-state index contributed by atoms with van der Waals surface area (Å²) in [5.41, 5.74) is 4.62. The van der Waals surface area contributed by atoms with Crippen LogP contribution in [-0.4, -0.2) is 24.0 Å². The topological polar surface area (TPSA) is 93.5 Å². The van der Waals surface area contributed by atoms with Crippen LogP contribution in [-0.2, 0) is 17.6 Å². The molecule has 0 spiro atoms. The Morgan fingerprint density at radius 1 is 1.00 bits per heavy atom. The molecule has 1 aliphatic carbocycles. The van der Waals surface area contributed by atoms with E-state index >= 15 is 0 Å². The quantitative estimate of drug-likeness (QED) is 0.259. The van der Waals surface area contributed by atoms with Crippen LogP contribution in [0, 0.1) is 10.1 Å². The van der Waals surface area contributed by atoms with Crippen molar-refractivity contribution in [3.05, 3.63) is 91.4 Å². The SMILES string of the molecule is COC(=O)c1cc([N+](=O)[O-])ccc1NC1Cc2ccc(Nc3ccc(Cl)c(Cl)c3)cc2C1. The molecule has 0 amide bonds. The molecule has 0 bridgehead atoms. The van der Waals surface area contributed by atoms with E-state index in [1.165, 1.54) is 30.4 Å². The van der Waals surface area contributed by atoms with Gasteiger partial charge in [0.05, 0.1) is 27.6 Å². The van der Waals surface area contributed by atoms with Crippen LogP contribution in [0.2, 0.25) is 10.0 Å². The summed E-state index contributed by atoms with van der Waals surface area (Å²) in [7, 11) is 1.25. The molecule has 1 aliphatic rings. The molecule has 7 nitrogen and oxygen atoms in total. The monoisotopic (exact) mass is 471 g/mol. The van der Waals surface area contributed by atoms with Crippen LogP contribution in [0.3, 0.4) is 0 Å². The number of benzene rings is 3. The van der Waals surface area contributed by atoms with Crippen LogP contribution < -0.4 is 10.6 Å². The van der Waals surface area contributed by atoms with Gasteiger partial charge in [-0.1, -0.05) is 29.3 Å². The number of nitro groups is 1. The highest BCUT2D eigenvalue weighted by molar-refractivity contribution is 6.42. The van der Waals surface area contributed by atoms with Gasteiger partial charge in [0, 0.05) is 35.2 Å². The minimum absolute atomic E-state index is 0.0371. The van der Waals surface area contributed by atoms with Gasteiger partial charge in [0.1, 0.15) is 0 Å². The number of ether oxygens (including phenoxy) is 1. The summed E-state index contributed by atoms with van der Waals surface area (Å²) in [6, 6.07) is 15.7. The first-order valence-electron chi connectivity index (χ1n) is 9.81. The van der Waals surface area contributed by atoms with Crippen LogP contribution in [0.4, 0.5) is 22.7 Å². The lowest BCUT2D eigenvalue weighted by Gasteiger charge is -2.16. The predicted octanol–water partition coefficient (Wildman–Crippen LogP) is 6.01. The van der Waals surface area contributed by atoms with Gasteiger partial charge in [-0.25, -0.2) is 4.79 Å². The number of esters is 1. The second-order valence-electron chi connectivity index (χ2n) is 7.47. The maximum atomic E-state index is 12.2. The fourth-order valence-electron chi connectivity index (χ4n) is 3.81. The Morgan fingerprint density at radius 3 is 2.44 bits per heavy atom. The number of anilines is 3. The lowest BCUT2D eigenvalue weighted by atomic mass is 10.1. The summed E-state index contributed by atoms with van der Waals surface area (Å²) in [6.07, 6.45) is 1.50. The maximum absolute atomic E-state index is 12.2. The Labute approximate surface area is 194 Å². The van der Waals surface area contributed by atoms with E-state index in [-0.39, 0.29) is 17.3 Å². The molecule has 9 heteroatoms. The molecule has 0 saturated heterocycles. The maximum Gasteiger partial charge on any atom is 0.340 e. The van der Waals surface area contributed by atoms with E-state index in [1.54, 1.807) is 18.2 Å². The van der Waals surface area contributed by atoms with Crippen molar-refractivity contribution in [2.45, 2.75) is 18.9 Å². The fraction of sp³-hybridized carbons (Fsp3) is 0.174. The Bertz CT molecular complexity index is 1220. The van der Waals surface area contributed by atoms with Crippen molar-refractivity contribution in [1.82, 2.24) is 0 Å². The summed E-state index contributed by atoms with van der Waals surface area (Å²) in [5, 5.41) is 18.7. The van der Waals surface area contributed by atoms with E-state index in [2.05, 4.69) is 22.8 Å². The average molecular weight is 472 g/mol. The van der Waals surface area contributed by atoms with Crippen LogP contribution in [0.25, 0.3) is 0 Å². The molecule has 1 atom stereocenters. The Kier molecular flexibility index (Phi) is 6.21. The predicted molar refractivity (Wildman–Crippen MR) is 125 cm³/mol. The van der Waals surface area contributed by atoms with Gasteiger partial charge < -0.3 is 15.4 Å². The average Bonchev–Trinajstić information content (AvgIpc) is 3.17.